The van der Waals surface area contributed by atoms with Crippen molar-refractivity contribution in [1.29, 1.82) is 0 Å². The molecule has 0 bridgehead atoms. The maximum atomic E-state index is 12.9. The van der Waals surface area contributed by atoms with E-state index in [9.17, 15) is 9.18 Å². The lowest BCUT2D eigenvalue weighted by molar-refractivity contribution is 0.0714. The van der Waals surface area contributed by atoms with Crippen LogP contribution in [0, 0.1) is 5.82 Å². The minimum Gasteiger partial charge on any atom is -0.438 e. The minimum atomic E-state index is -0.243. The highest BCUT2D eigenvalue weighted by molar-refractivity contribution is 5.91. The summed E-state index contributed by atoms with van der Waals surface area (Å²) in [6.07, 6.45) is 2.68. The van der Waals surface area contributed by atoms with Crippen LogP contribution in [0.5, 0.6) is 0 Å². The summed E-state index contributed by atoms with van der Waals surface area (Å²) in [6, 6.07) is 6.40. The van der Waals surface area contributed by atoms with Crippen LogP contribution >= 0.6 is 0 Å². The Morgan fingerprint density at radius 3 is 2.45 bits per heavy atom. The molecule has 2 aromatic rings. The Morgan fingerprint density at radius 1 is 1.15 bits per heavy atom. The van der Waals surface area contributed by atoms with E-state index in [1.807, 2.05) is 0 Å². The molecule has 3 rings (SSSR count). The largest absolute Gasteiger partial charge is 0.438 e. The number of benzene rings is 1. The number of halogens is 1. The van der Waals surface area contributed by atoms with Crippen LogP contribution in [0.2, 0.25) is 0 Å². The molecule has 1 amide bonds. The Kier molecular flexibility index (Phi) is 3.37. The smallest absolute Gasteiger partial charge is 0.291 e. The predicted octanol–water partition coefficient (Wildman–Crippen LogP) is 1.78. The van der Waals surface area contributed by atoms with Crippen LogP contribution in [0.15, 0.2) is 41.3 Å². The van der Waals surface area contributed by atoms with Crippen molar-refractivity contribution in [1.82, 2.24) is 9.88 Å². The van der Waals surface area contributed by atoms with E-state index in [0.717, 1.165) is 5.69 Å². The van der Waals surface area contributed by atoms with Gasteiger partial charge in [-0.15, -0.1) is 0 Å². The Hall–Kier alpha value is -2.37. The molecule has 20 heavy (non-hydrogen) atoms. The zero-order valence-corrected chi connectivity index (χ0v) is 10.8. The van der Waals surface area contributed by atoms with E-state index >= 15 is 0 Å². The lowest BCUT2D eigenvalue weighted by atomic mass is 10.2. The van der Waals surface area contributed by atoms with Crippen molar-refractivity contribution in [3.63, 3.8) is 0 Å². The van der Waals surface area contributed by atoms with Gasteiger partial charge in [0.25, 0.3) is 5.91 Å². The van der Waals surface area contributed by atoms with Crippen molar-refractivity contribution in [3.05, 3.63) is 48.4 Å². The molecule has 1 aromatic heterocycles. The van der Waals surface area contributed by atoms with Gasteiger partial charge in [-0.25, -0.2) is 9.37 Å². The molecule has 1 aliphatic heterocycles. The van der Waals surface area contributed by atoms with E-state index in [1.165, 1.54) is 24.7 Å². The van der Waals surface area contributed by atoms with E-state index in [4.69, 9.17) is 4.42 Å². The fourth-order valence-corrected chi connectivity index (χ4v) is 2.30. The number of piperazine rings is 1. The Balaban J connectivity index is 1.62. The predicted molar refractivity (Wildman–Crippen MR) is 71.0 cm³/mol. The van der Waals surface area contributed by atoms with Gasteiger partial charge in [-0.05, 0) is 24.3 Å². The zero-order valence-electron chi connectivity index (χ0n) is 10.8. The zero-order chi connectivity index (χ0) is 13.9. The van der Waals surface area contributed by atoms with Crippen molar-refractivity contribution in [3.8, 4) is 0 Å². The van der Waals surface area contributed by atoms with Gasteiger partial charge in [0, 0.05) is 31.9 Å². The Bertz CT molecular complexity index is 575. The average molecular weight is 275 g/mol. The molecule has 1 aliphatic rings. The molecule has 0 unspecified atom stereocenters. The van der Waals surface area contributed by atoms with Crippen LogP contribution in [-0.2, 0) is 0 Å². The number of aromatic nitrogens is 1. The lowest BCUT2D eigenvalue weighted by Gasteiger charge is -2.35. The van der Waals surface area contributed by atoms with Crippen LogP contribution < -0.4 is 4.90 Å². The summed E-state index contributed by atoms with van der Waals surface area (Å²) in [5, 5.41) is 0. The summed E-state index contributed by atoms with van der Waals surface area (Å²) in [4.78, 5) is 19.7. The van der Waals surface area contributed by atoms with E-state index in [-0.39, 0.29) is 17.5 Å². The van der Waals surface area contributed by atoms with Gasteiger partial charge >= 0.3 is 0 Å². The first-order chi connectivity index (χ1) is 9.74. The van der Waals surface area contributed by atoms with Crippen molar-refractivity contribution in [2.45, 2.75) is 0 Å². The maximum absolute atomic E-state index is 12.9. The second-order valence-electron chi connectivity index (χ2n) is 4.62. The molecule has 1 saturated heterocycles. The highest BCUT2D eigenvalue weighted by atomic mass is 19.1. The minimum absolute atomic E-state index is 0.138. The molecular formula is C14H14FN3O2. The van der Waals surface area contributed by atoms with E-state index in [0.29, 0.717) is 26.2 Å². The number of hydrogen-bond acceptors (Lipinski definition) is 4. The van der Waals surface area contributed by atoms with Gasteiger partial charge in [0.05, 0.1) is 6.20 Å². The molecular weight excluding hydrogens is 261 g/mol. The number of hydrogen-bond donors (Lipinski definition) is 0. The molecule has 0 aliphatic carbocycles. The number of carbonyl (C=O) groups is 1. The number of nitrogens with zero attached hydrogens (tertiary/aromatic N) is 3. The molecule has 2 heterocycles. The van der Waals surface area contributed by atoms with Crippen LogP contribution in [-0.4, -0.2) is 42.0 Å². The van der Waals surface area contributed by atoms with E-state index in [2.05, 4.69) is 9.88 Å². The van der Waals surface area contributed by atoms with Gasteiger partial charge < -0.3 is 14.2 Å². The monoisotopic (exact) mass is 275 g/mol. The van der Waals surface area contributed by atoms with Crippen LogP contribution in [0.25, 0.3) is 0 Å². The normalized spacial score (nSPS) is 15.4. The van der Waals surface area contributed by atoms with E-state index in [1.54, 1.807) is 17.0 Å². The number of carbonyl (C=O) groups excluding carboxylic acids is 1. The third-order valence-corrected chi connectivity index (χ3v) is 3.40. The van der Waals surface area contributed by atoms with Gasteiger partial charge in [-0.1, -0.05) is 0 Å². The van der Waals surface area contributed by atoms with E-state index < -0.39 is 0 Å². The molecule has 6 heteroatoms. The van der Waals surface area contributed by atoms with Crippen molar-refractivity contribution in [2.75, 3.05) is 31.1 Å². The van der Waals surface area contributed by atoms with Crippen LogP contribution in [0.1, 0.15) is 10.6 Å². The summed E-state index contributed by atoms with van der Waals surface area (Å²) in [5.41, 5.74) is 0.971. The third kappa shape index (κ3) is 2.49. The molecule has 0 saturated carbocycles. The van der Waals surface area contributed by atoms with Gasteiger partial charge in [0.15, 0.2) is 6.39 Å². The summed E-state index contributed by atoms with van der Waals surface area (Å²) >= 11 is 0. The summed E-state index contributed by atoms with van der Waals surface area (Å²) in [5.74, 6) is -0.116. The lowest BCUT2D eigenvalue weighted by Crippen LogP contribution is -2.48. The van der Waals surface area contributed by atoms with Gasteiger partial charge in [0.2, 0.25) is 5.76 Å². The van der Waals surface area contributed by atoms with Crippen LogP contribution in [0.4, 0.5) is 10.1 Å². The first-order valence-electron chi connectivity index (χ1n) is 6.42. The van der Waals surface area contributed by atoms with Crippen molar-refractivity contribution in [2.24, 2.45) is 0 Å². The maximum Gasteiger partial charge on any atom is 0.291 e. The quantitative estimate of drug-likeness (QED) is 0.838. The van der Waals surface area contributed by atoms with Crippen molar-refractivity contribution >= 4 is 11.6 Å². The standard InChI is InChI=1S/C14H14FN3O2/c15-11-1-3-12(4-2-11)17-5-7-18(8-6-17)14(19)13-9-16-10-20-13/h1-4,9-10H,5-8H2. The first kappa shape index (κ1) is 12.7. The molecule has 1 fully saturated rings. The van der Waals surface area contributed by atoms with Gasteiger partial charge in [-0.2, -0.15) is 0 Å². The highest BCUT2D eigenvalue weighted by Gasteiger charge is 2.24. The molecule has 104 valence electrons. The Labute approximate surface area is 115 Å². The number of oxazole rings is 1. The summed E-state index contributed by atoms with van der Waals surface area (Å²) in [7, 11) is 0. The van der Waals surface area contributed by atoms with Gasteiger partial charge in [0.1, 0.15) is 5.82 Å². The van der Waals surface area contributed by atoms with Gasteiger partial charge in [-0.3, -0.25) is 4.79 Å². The average Bonchev–Trinajstić information content (AvgIpc) is 3.02. The fraction of sp³-hybridized carbons (Fsp3) is 0.286. The highest BCUT2D eigenvalue weighted by Crippen LogP contribution is 2.17. The molecule has 0 spiro atoms. The second kappa shape index (κ2) is 5.32. The number of rotatable bonds is 2. The molecule has 0 N–H and O–H groups in total. The molecule has 0 atom stereocenters. The summed E-state index contributed by atoms with van der Waals surface area (Å²) in [6.45, 7) is 2.64. The molecule has 1 aromatic carbocycles. The fourth-order valence-electron chi connectivity index (χ4n) is 2.30. The first-order valence-corrected chi connectivity index (χ1v) is 6.42. The number of amides is 1. The second-order valence-corrected chi connectivity index (χ2v) is 4.62. The molecule has 0 radical (unpaired) electrons. The van der Waals surface area contributed by atoms with Crippen molar-refractivity contribution < 1.29 is 13.6 Å². The third-order valence-electron chi connectivity index (χ3n) is 3.40. The SMILES string of the molecule is O=C(c1cnco1)N1CCN(c2ccc(F)cc2)CC1. The number of anilines is 1. The summed E-state index contributed by atoms with van der Waals surface area (Å²) < 4.78 is 17.9. The Morgan fingerprint density at radius 2 is 1.85 bits per heavy atom. The molecule has 5 nitrogen and oxygen atoms in total. The topological polar surface area (TPSA) is 49.6 Å². The van der Waals surface area contributed by atoms with Crippen LogP contribution in [0.3, 0.4) is 0 Å².